The second kappa shape index (κ2) is 5.47. The van der Waals surface area contributed by atoms with E-state index in [-0.39, 0.29) is 12.0 Å². The number of carboxylic acid groups (broad SMARTS) is 1. The summed E-state index contributed by atoms with van der Waals surface area (Å²) in [4.78, 5) is 13.3. The van der Waals surface area contributed by atoms with E-state index < -0.39 is 5.97 Å². The third-order valence-electron chi connectivity index (χ3n) is 2.98. The molecule has 2 unspecified atom stereocenters. The Morgan fingerprint density at radius 3 is 2.73 bits per heavy atom. The highest BCUT2D eigenvalue weighted by molar-refractivity contribution is 5.73. The molecular formula is C11H22N2O2. The molecule has 1 aliphatic heterocycles. The molecule has 0 aromatic rings. The lowest BCUT2D eigenvalue weighted by Gasteiger charge is -2.21. The third kappa shape index (κ3) is 3.47. The van der Waals surface area contributed by atoms with E-state index in [9.17, 15) is 4.79 Å². The van der Waals surface area contributed by atoms with Gasteiger partial charge in [-0.2, -0.15) is 0 Å². The maximum Gasteiger partial charge on any atom is 0.321 e. The van der Waals surface area contributed by atoms with Crippen molar-refractivity contribution in [1.29, 1.82) is 0 Å². The molecule has 0 saturated carbocycles. The largest absolute Gasteiger partial charge is 0.480 e. The first-order valence-corrected chi connectivity index (χ1v) is 5.67. The molecule has 1 heterocycles. The van der Waals surface area contributed by atoms with Crippen LogP contribution in [-0.4, -0.2) is 48.7 Å². The van der Waals surface area contributed by atoms with Gasteiger partial charge in [-0.05, 0) is 31.8 Å². The highest BCUT2D eigenvalue weighted by Gasteiger charge is 2.32. The van der Waals surface area contributed by atoms with Gasteiger partial charge in [0, 0.05) is 13.1 Å². The highest BCUT2D eigenvalue weighted by Crippen LogP contribution is 2.20. The number of likely N-dealkylation sites (tertiary alicyclic amines) is 1. The fourth-order valence-corrected chi connectivity index (χ4v) is 2.38. The van der Waals surface area contributed by atoms with E-state index in [1.165, 1.54) is 0 Å². The van der Waals surface area contributed by atoms with Gasteiger partial charge < -0.3 is 15.3 Å². The summed E-state index contributed by atoms with van der Waals surface area (Å²) in [5, 5.41) is 11.9. The van der Waals surface area contributed by atoms with Gasteiger partial charge in [0.2, 0.25) is 0 Å². The van der Waals surface area contributed by atoms with Crippen molar-refractivity contribution in [2.45, 2.75) is 26.3 Å². The van der Waals surface area contributed by atoms with Crippen LogP contribution in [0.15, 0.2) is 0 Å². The van der Waals surface area contributed by atoms with Gasteiger partial charge in [0.15, 0.2) is 0 Å². The average Bonchev–Trinajstić information content (AvgIpc) is 2.52. The monoisotopic (exact) mass is 214 g/mol. The van der Waals surface area contributed by atoms with Crippen LogP contribution >= 0.6 is 0 Å². The van der Waals surface area contributed by atoms with Crippen LogP contribution in [0.4, 0.5) is 0 Å². The smallest absolute Gasteiger partial charge is 0.321 e. The van der Waals surface area contributed by atoms with Crippen molar-refractivity contribution in [3.05, 3.63) is 0 Å². The number of nitrogens with one attached hydrogen (secondary N) is 1. The molecule has 4 nitrogen and oxygen atoms in total. The molecule has 0 aromatic heterocycles. The standard InChI is InChI=1S/C11H22N2O2/c1-8(2)6-13-5-4-9(7-13)10(12-3)11(14)15/h8-10,12H,4-7H2,1-3H3,(H,14,15). The lowest BCUT2D eigenvalue weighted by atomic mass is 9.99. The van der Waals surface area contributed by atoms with Gasteiger partial charge >= 0.3 is 5.97 Å². The van der Waals surface area contributed by atoms with Gasteiger partial charge in [0.05, 0.1) is 0 Å². The number of carboxylic acids is 1. The summed E-state index contributed by atoms with van der Waals surface area (Å²) < 4.78 is 0. The zero-order chi connectivity index (χ0) is 11.4. The minimum absolute atomic E-state index is 0.256. The molecule has 1 rings (SSSR count). The first-order valence-electron chi connectivity index (χ1n) is 5.67. The molecule has 15 heavy (non-hydrogen) atoms. The van der Waals surface area contributed by atoms with E-state index in [0.717, 1.165) is 26.1 Å². The SMILES string of the molecule is CNC(C(=O)O)C1CCN(CC(C)C)C1. The number of aliphatic carboxylic acids is 1. The van der Waals surface area contributed by atoms with Crippen molar-refractivity contribution in [2.75, 3.05) is 26.7 Å². The number of nitrogens with zero attached hydrogens (tertiary/aromatic N) is 1. The average molecular weight is 214 g/mol. The zero-order valence-electron chi connectivity index (χ0n) is 9.86. The van der Waals surface area contributed by atoms with Crippen molar-refractivity contribution >= 4 is 5.97 Å². The van der Waals surface area contributed by atoms with Gasteiger partial charge in [0.1, 0.15) is 6.04 Å². The lowest BCUT2D eigenvalue weighted by Crippen LogP contribution is -2.42. The summed E-state index contributed by atoms with van der Waals surface area (Å²) >= 11 is 0. The van der Waals surface area contributed by atoms with Crippen molar-refractivity contribution < 1.29 is 9.90 Å². The predicted molar refractivity (Wildman–Crippen MR) is 59.9 cm³/mol. The quantitative estimate of drug-likeness (QED) is 0.705. The fraction of sp³-hybridized carbons (Fsp3) is 0.909. The molecule has 4 heteroatoms. The maximum absolute atomic E-state index is 11.0. The predicted octanol–water partition coefficient (Wildman–Crippen LogP) is 0.637. The van der Waals surface area contributed by atoms with Crippen LogP contribution in [0.3, 0.4) is 0 Å². The van der Waals surface area contributed by atoms with Crippen LogP contribution in [0.1, 0.15) is 20.3 Å². The molecule has 0 radical (unpaired) electrons. The first kappa shape index (κ1) is 12.5. The molecule has 1 saturated heterocycles. The number of carbonyl (C=O) groups is 1. The Hall–Kier alpha value is -0.610. The first-order chi connectivity index (χ1) is 7.04. The number of rotatable bonds is 5. The van der Waals surface area contributed by atoms with Crippen molar-refractivity contribution in [3.8, 4) is 0 Å². The summed E-state index contributed by atoms with van der Waals surface area (Å²) in [5.41, 5.74) is 0. The fourth-order valence-electron chi connectivity index (χ4n) is 2.38. The van der Waals surface area contributed by atoms with Crippen molar-refractivity contribution in [3.63, 3.8) is 0 Å². The topological polar surface area (TPSA) is 52.6 Å². The van der Waals surface area contributed by atoms with Crippen LogP contribution in [-0.2, 0) is 4.79 Å². The molecule has 1 aliphatic rings. The van der Waals surface area contributed by atoms with E-state index in [1.807, 2.05) is 0 Å². The molecule has 0 bridgehead atoms. The molecule has 0 amide bonds. The van der Waals surface area contributed by atoms with E-state index in [0.29, 0.717) is 5.92 Å². The summed E-state index contributed by atoms with van der Waals surface area (Å²) in [7, 11) is 1.73. The van der Waals surface area contributed by atoms with Gasteiger partial charge in [-0.25, -0.2) is 0 Å². The molecule has 0 aromatic carbocycles. The summed E-state index contributed by atoms with van der Waals surface area (Å²) in [6.45, 7) is 7.41. The number of hydrogen-bond donors (Lipinski definition) is 2. The second-order valence-corrected chi connectivity index (χ2v) is 4.81. The third-order valence-corrected chi connectivity index (χ3v) is 2.98. The number of likely N-dealkylation sites (N-methyl/N-ethyl adjacent to an activating group) is 1. The molecule has 2 N–H and O–H groups in total. The summed E-state index contributed by atoms with van der Waals surface area (Å²) in [5.74, 6) is 0.182. The van der Waals surface area contributed by atoms with Crippen molar-refractivity contribution in [2.24, 2.45) is 11.8 Å². The molecule has 0 aliphatic carbocycles. The molecule has 2 atom stereocenters. The minimum atomic E-state index is -0.728. The Labute approximate surface area is 91.6 Å². The molecule has 1 fully saturated rings. The van der Waals surface area contributed by atoms with Gasteiger partial charge in [-0.1, -0.05) is 13.8 Å². The van der Waals surface area contributed by atoms with E-state index in [2.05, 4.69) is 24.1 Å². The van der Waals surface area contributed by atoms with Gasteiger partial charge in [-0.15, -0.1) is 0 Å². The Morgan fingerprint density at radius 2 is 2.27 bits per heavy atom. The molecular weight excluding hydrogens is 192 g/mol. The van der Waals surface area contributed by atoms with Crippen molar-refractivity contribution in [1.82, 2.24) is 10.2 Å². The maximum atomic E-state index is 11.0. The normalized spacial score (nSPS) is 24.7. The summed E-state index contributed by atoms with van der Waals surface area (Å²) in [6, 6.07) is -0.387. The second-order valence-electron chi connectivity index (χ2n) is 4.81. The Bertz CT molecular complexity index is 219. The lowest BCUT2D eigenvalue weighted by molar-refractivity contribution is -0.140. The minimum Gasteiger partial charge on any atom is -0.480 e. The van der Waals surface area contributed by atoms with Crippen LogP contribution in [0, 0.1) is 11.8 Å². The summed E-state index contributed by atoms with van der Waals surface area (Å²) in [6.07, 6.45) is 0.991. The van der Waals surface area contributed by atoms with Gasteiger partial charge in [-0.3, -0.25) is 4.79 Å². The van der Waals surface area contributed by atoms with E-state index >= 15 is 0 Å². The van der Waals surface area contributed by atoms with E-state index in [4.69, 9.17) is 5.11 Å². The van der Waals surface area contributed by atoms with Crippen LogP contribution in [0.2, 0.25) is 0 Å². The number of hydrogen-bond acceptors (Lipinski definition) is 3. The van der Waals surface area contributed by atoms with Crippen LogP contribution in [0.25, 0.3) is 0 Å². The van der Waals surface area contributed by atoms with E-state index in [1.54, 1.807) is 7.05 Å². The Balaban J connectivity index is 2.44. The molecule has 88 valence electrons. The Kier molecular flexibility index (Phi) is 4.54. The van der Waals surface area contributed by atoms with Crippen LogP contribution in [0.5, 0.6) is 0 Å². The Morgan fingerprint density at radius 1 is 1.60 bits per heavy atom. The van der Waals surface area contributed by atoms with Crippen LogP contribution < -0.4 is 5.32 Å². The van der Waals surface area contributed by atoms with Gasteiger partial charge in [0.25, 0.3) is 0 Å². The zero-order valence-corrected chi connectivity index (χ0v) is 9.86. The highest BCUT2D eigenvalue weighted by atomic mass is 16.4. The molecule has 0 spiro atoms.